The fourth-order valence-electron chi connectivity index (χ4n) is 1.21. The third kappa shape index (κ3) is 4.46. The number of hydrogen-bond acceptors (Lipinski definition) is 3. The average Bonchev–Trinajstić information content (AvgIpc) is 2.20. The second-order valence-corrected chi connectivity index (χ2v) is 3.29. The van der Waals surface area contributed by atoms with E-state index in [0.717, 1.165) is 5.56 Å². The Hall–Kier alpha value is -1.55. The van der Waals surface area contributed by atoms with Crippen molar-refractivity contribution in [2.75, 3.05) is 13.1 Å². The van der Waals surface area contributed by atoms with Gasteiger partial charge in [0.1, 0.15) is 5.75 Å². The predicted molar refractivity (Wildman–Crippen MR) is 58.5 cm³/mol. The Morgan fingerprint density at radius 3 is 2.73 bits per heavy atom. The van der Waals surface area contributed by atoms with Crippen molar-refractivity contribution in [2.24, 2.45) is 0 Å². The molecule has 0 heterocycles. The van der Waals surface area contributed by atoms with E-state index in [0.29, 0.717) is 25.4 Å². The highest BCUT2D eigenvalue weighted by Gasteiger charge is 1.97. The van der Waals surface area contributed by atoms with Crippen LogP contribution in [0.3, 0.4) is 0 Å². The van der Waals surface area contributed by atoms with Crippen molar-refractivity contribution in [1.29, 1.82) is 0 Å². The van der Waals surface area contributed by atoms with Crippen molar-refractivity contribution in [1.82, 2.24) is 10.6 Å². The molecule has 0 radical (unpaired) electrons. The number of phenolic OH excluding ortho intramolecular Hbond substituents is 1. The van der Waals surface area contributed by atoms with E-state index in [4.69, 9.17) is 0 Å². The Morgan fingerprint density at radius 2 is 2.07 bits per heavy atom. The standard InChI is InChI=1S/C11H16N2O2/c1-9(14)13-7-6-12-8-10-4-2-3-5-11(10)15/h2-5,12,15H,6-8H2,1H3,(H,13,14). The zero-order valence-corrected chi connectivity index (χ0v) is 8.79. The Bertz CT molecular complexity index is 326. The second kappa shape index (κ2) is 6.03. The molecule has 0 atom stereocenters. The Labute approximate surface area is 89.3 Å². The summed E-state index contributed by atoms with van der Waals surface area (Å²) in [5.74, 6) is 0.267. The molecule has 1 rings (SSSR count). The average molecular weight is 208 g/mol. The van der Waals surface area contributed by atoms with Crippen LogP contribution in [0, 0.1) is 0 Å². The third-order valence-electron chi connectivity index (χ3n) is 1.98. The van der Waals surface area contributed by atoms with Crippen molar-refractivity contribution >= 4 is 5.91 Å². The lowest BCUT2D eigenvalue weighted by molar-refractivity contribution is -0.118. The lowest BCUT2D eigenvalue weighted by Crippen LogP contribution is -2.29. The summed E-state index contributed by atoms with van der Waals surface area (Å²) in [6.45, 7) is 3.38. The molecular weight excluding hydrogens is 192 g/mol. The van der Waals surface area contributed by atoms with E-state index in [-0.39, 0.29) is 5.91 Å². The smallest absolute Gasteiger partial charge is 0.216 e. The molecule has 15 heavy (non-hydrogen) atoms. The van der Waals surface area contributed by atoms with E-state index < -0.39 is 0 Å². The number of carbonyl (C=O) groups excluding carboxylic acids is 1. The number of para-hydroxylation sites is 1. The van der Waals surface area contributed by atoms with Crippen molar-refractivity contribution < 1.29 is 9.90 Å². The maximum atomic E-state index is 10.6. The number of aromatic hydroxyl groups is 1. The topological polar surface area (TPSA) is 61.4 Å². The van der Waals surface area contributed by atoms with Gasteiger partial charge < -0.3 is 15.7 Å². The van der Waals surface area contributed by atoms with E-state index in [1.165, 1.54) is 6.92 Å². The summed E-state index contributed by atoms with van der Waals surface area (Å²) < 4.78 is 0. The zero-order chi connectivity index (χ0) is 11.1. The van der Waals surface area contributed by atoms with Gasteiger partial charge >= 0.3 is 0 Å². The lowest BCUT2D eigenvalue weighted by atomic mass is 10.2. The van der Waals surface area contributed by atoms with Gasteiger partial charge in [0.2, 0.25) is 5.91 Å². The number of hydrogen-bond donors (Lipinski definition) is 3. The highest BCUT2D eigenvalue weighted by molar-refractivity contribution is 5.72. The fraction of sp³-hybridized carbons (Fsp3) is 0.364. The lowest BCUT2D eigenvalue weighted by Gasteiger charge is -2.06. The first-order valence-corrected chi connectivity index (χ1v) is 4.92. The second-order valence-electron chi connectivity index (χ2n) is 3.29. The highest BCUT2D eigenvalue weighted by Crippen LogP contribution is 2.14. The molecule has 3 N–H and O–H groups in total. The SMILES string of the molecule is CC(=O)NCCNCc1ccccc1O. The van der Waals surface area contributed by atoms with Gasteiger partial charge in [-0.25, -0.2) is 0 Å². The predicted octanol–water partition coefficient (Wildman–Crippen LogP) is 0.618. The minimum absolute atomic E-state index is 0.0284. The first-order valence-electron chi connectivity index (χ1n) is 4.92. The first kappa shape index (κ1) is 11.5. The van der Waals surface area contributed by atoms with Gasteiger partial charge in [0.15, 0.2) is 0 Å². The summed E-state index contributed by atoms with van der Waals surface area (Å²) >= 11 is 0. The molecular formula is C11H16N2O2. The molecule has 4 heteroatoms. The van der Waals surface area contributed by atoms with Crippen LogP contribution in [0.1, 0.15) is 12.5 Å². The van der Waals surface area contributed by atoms with E-state index in [9.17, 15) is 9.90 Å². The normalized spacial score (nSPS) is 9.93. The molecule has 82 valence electrons. The van der Waals surface area contributed by atoms with Crippen molar-refractivity contribution in [3.8, 4) is 5.75 Å². The molecule has 0 fully saturated rings. The van der Waals surface area contributed by atoms with Crippen molar-refractivity contribution in [3.05, 3.63) is 29.8 Å². The minimum Gasteiger partial charge on any atom is -0.508 e. The van der Waals surface area contributed by atoms with Crippen LogP contribution < -0.4 is 10.6 Å². The maximum Gasteiger partial charge on any atom is 0.216 e. The van der Waals surface area contributed by atoms with E-state index in [2.05, 4.69) is 10.6 Å². The number of rotatable bonds is 5. The van der Waals surface area contributed by atoms with E-state index in [1.54, 1.807) is 12.1 Å². The van der Waals surface area contributed by atoms with Gasteiger partial charge in [-0.1, -0.05) is 18.2 Å². The molecule has 1 aromatic carbocycles. The van der Waals surface area contributed by atoms with Crippen LogP contribution in [0.2, 0.25) is 0 Å². The quantitative estimate of drug-likeness (QED) is 0.622. The maximum absolute atomic E-state index is 10.6. The molecule has 4 nitrogen and oxygen atoms in total. The van der Waals surface area contributed by atoms with Gasteiger partial charge in [-0.3, -0.25) is 4.79 Å². The molecule has 0 unspecified atom stereocenters. The van der Waals surface area contributed by atoms with E-state index >= 15 is 0 Å². The highest BCUT2D eigenvalue weighted by atomic mass is 16.3. The molecule has 0 saturated carbocycles. The molecule has 0 saturated heterocycles. The Balaban J connectivity index is 2.21. The summed E-state index contributed by atoms with van der Waals surface area (Å²) in [6, 6.07) is 7.19. The van der Waals surface area contributed by atoms with Crippen LogP contribution in [0.25, 0.3) is 0 Å². The fourth-order valence-corrected chi connectivity index (χ4v) is 1.21. The summed E-state index contributed by atoms with van der Waals surface area (Å²) in [5.41, 5.74) is 0.861. The Morgan fingerprint density at radius 1 is 1.33 bits per heavy atom. The summed E-state index contributed by atoms with van der Waals surface area (Å²) in [5, 5.41) is 15.3. The third-order valence-corrected chi connectivity index (χ3v) is 1.98. The van der Waals surface area contributed by atoms with Gasteiger partial charge in [0, 0.05) is 32.1 Å². The minimum atomic E-state index is -0.0284. The number of nitrogens with one attached hydrogen (secondary N) is 2. The first-order chi connectivity index (χ1) is 7.20. The van der Waals surface area contributed by atoms with Gasteiger partial charge in [0.05, 0.1) is 0 Å². The summed E-state index contributed by atoms with van der Waals surface area (Å²) in [6.07, 6.45) is 0. The van der Waals surface area contributed by atoms with Gasteiger partial charge in [-0.05, 0) is 6.07 Å². The van der Waals surface area contributed by atoms with Gasteiger partial charge in [-0.15, -0.1) is 0 Å². The molecule has 0 aromatic heterocycles. The van der Waals surface area contributed by atoms with Crippen molar-refractivity contribution in [2.45, 2.75) is 13.5 Å². The van der Waals surface area contributed by atoms with Crippen LogP contribution in [0.4, 0.5) is 0 Å². The largest absolute Gasteiger partial charge is 0.508 e. The van der Waals surface area contributed by atoms with Crippen LogP contribution >= 0.6 is 0 Å². The molecule has 0 bridgehead atoms. The van der Waals surface area contributed by atoms with Gasteiger partial charge in [-0.2, -0.15) is 0 Å². The summed E-state index contributed by atoms with van der Waals surface area (Å²) in [4.78, 5) is 10.6. The van der Waals surface area contributed by atoms with Crippen molar-refractivity contribution in [3.63, 3.8) is 0 Å². The number of benzene rings is 1. The molecule has 0 aliphatic heterocycles. The van der Waals surface area contributed by atoms with E-state index in [1.807, 2.05) is 12.1 Å². The van der Waals surface area contributed by atoms with Crippen LogP contribution in [-0.2, 0) is 11.3 Å². The molecule has 0 aliphatic rings. The number of amides is 1. The number of phenols is 1. The monoisotopic (exact) mass is 208 g/mol. The van der Waals surface area contributed by atoms with Crippen LogP contribution in [0.15, 0.2) is 24.3 Å². The molecule has 0 aliphatic carbocycles. The number of carbonyl (C=O) groups is 1. The molecule has 1 aromatic rings. The zero-order valence-electron chi connectivity index (χ0n) is 8.79. The van der Waals surface area contributed by atoms with Gasteiger partial charge in [0.25, 0.3) is 0 Å². The Kier molecular flexibility index (Phi) is 4.63. The molecule has 0 spiro atoms. The van der Waals surface area contributed by atoms with Crippen LogP contribution in [-0.4, -0.2) is 24.1 Å². The molecule has 1 amide bonds. The summed E-state index contributed by atoms with van der Waals surface area (Å²) in [7, 11) is 0. The van der Waals surface area contributed by atoms with Crippen LogP contribution in [0.5, 0.6) is 5.75 Å².